The van der Waals surface area contributed by atoms with Crippen molar-refractivity contribution in [2.75, 3.05) is 0 Å². The predicted molar refractivity (Wildman–Crippen MR) is 58.7 cm³/mol. The lowest BCUT2D eigenvalue weighted by Crippen LogP contribution is -1.84. The van der Waals surface area contributed by atoms with Gasteiger partial charge in [0.15, 0.2) is 5.82 Å². The summed E-state index contributed by atoms with van der Waals surface area (Å²) >= 11 is 0. The molecular weight excluding hydrogens is 174 g/mol. The third kappa shape index (κ3) is 2.42. The highest BCUT2D eigenvalue weighted by atomic mass is 15.2. The second kappa shape index (κ2) is 5.17. The van der Waals surface area contributed by atoms with E-state index in [0.29, 0.717) is 5.82 Å². The Kier molecular flexibility index (Phi) is 3.85. The molecule has 0 spiro atoms. The van der Waals surface area contributed by atoms with Gasteiger partial charge in [-0.25, -0.2) is 4.98 Å². The van der Waals surface area contributed by atoms with E-state index in [1.165, 1.54) is 0 Å². The van der Waals surface area contributed by atoms with Crippen molar-refractivity contribution in [1.29, 1.82) is 0 Å². The second-order valence-electron chi connectivity index (χ2n) is 2.81. The summed E-state index contributed by atoms with van der Waals surface area (Å²) in [4.78, 5) is 4.31. The molecule has 0 radical (unpaired) electrons. The number of allylic oxidation sites excluding steroid dienone is 5. The Morgan fingerprint density at radius 3 is 2.86 bits per heavy atom. The van der Waals surface area contributed by atoms with Crippen LogP contribution in [-0.4, -0.2) is 15.2 Å². The van der Waals surface area contributed by atoms with Gasteiger partial charge in [0, 0.05) is 12.0 Å². The molecule has 0 aromatic carbocycles. The number of H-pyrrole nitrogens is 1. The number of hydrogen-bond acceptors (Lipinski definition) is 2. The fourth-order valence-electron chi connectivity index (χ4n) is 1.02. The fourth-order valence-corrected chi connectivity index (χ4v) is 1.02. The van der Waals surface area contributed by atoms with Gasteiger partial charge in [-0.2, -0.15) is 5.10 Å². The number of aryl methyl sites for hydroxylation is 1. The van der Waals surface area contributed by atoms with Gasteiger partial charge in [-0.15, -0.1) is 0 Å². The monoisotopic (exact) mass is 189 g/mol. The largest absolute Gasteiger partial charge is 0.263 e. The average Bonchev–Trinajstić information content (AvgIpc) is 2.68. The maximum absolute atomic E-state index is 4.31. The van der Waals surface area contributed by atoms with Gasteiger partial charge in [0.1, 0.15) is 5.82 Å². The summed E-state index contributed by atoms with van der Waals surface area (Å²) in [6.45, 7) is 7.73. The maximum Gasteiger partial charge on any atom is 0.181 e. The Bertz CT molecular complexity index is 358. The SMILES string of the molecule is C=C/C(=C\C=C/C)c1n[nH]c(CC)n1. The lowest BCUT2D eigenvalue weighted by atomic mass is 10.2. The molecule has 1 rings (SSSR count). The first-order valence-electron chi connectivity index (χ1n) is 4.68. The van der Waals surface area contributed by atoms with Crippen molar-refractivity contribution in [2.45, 2.75) is 20.3 Å². The molecular formula is C11H15N3. The number of aromatic nitrogens is 3. The standard InChI is InChI=1S/C11H15N3/c1-4-7-8-9(5-2)11-12-10(6-3)13-14-11/h4-5,7-8H,2,6H2,1,3H3,(H,12,13,14)/b7-4-,9-8+. The number of hydrogen-bond donors (Lipinski definition) is 1. The summed E-state index contributed by atoms with van der Waals surface area (Å²) in [7, 11) is 0. The van der Waals surface area contributed by atoms with Crippen LogP contribution in [0.25, 0.3) is 5.57 Å². The minimum Gasteiger partial charge on any atom is -0.263 e. The van der Waals surface area contributed by atoms with Crippen molar-refractivity contribution in [3.63, 3.8) is 0 Å². The quantitative estimate of drug-likeness (QED) is 0.739. The normalized spacial score (nSPS) is 12.3. The van der Waals surface area contributed by atoms with Gasteiger partial charge in [0.05, 0.1) is 0 Å². The smallest absolute Gasteiger partial charge is 0.181 e. The summed E-state index contributed by atoms with van der Waals surface area (Å²) in [5.41, 5.74) is 0.930. The minimum absolute atomic E-state index is 0.704. The van der Waals surface area contributed by atoms with Gasteiger partial charge < -0.3 is 0 Å². The Morgan fingerprint density at radius 1 is 1.57 bits per heavy atom. The van der Waals surface area contributed by atoms with Gasteiger partial charge in [-0.1, -0.05) is 37.8 Å². The van der Waals surface area contributed by atoms with Gasteiger partial charge >= 0.3 is 0 Å². The highest BCUT2D eigenvalue weighted by Crippen LogP contribution is 2.10. The molecule has 0 bridgehead atoms. The fraction of sp³-hybridized carbons (Fsp3) is 0.273. The number of nitrogens with one attached hydrogen (secondary N) is 1. The molecule has 0 unspecified atom stereocenters. The number of rotatable bonds is 4. The van der Waals surface area contributed by atoms with Crippen LogP contribution in [0.3, 0.4) is 0 Å². The van der Waals surface area contributed by atoms with Crippen LogP contribution in [0.4, 0.5) is 0 Å². The molecule has 1 heterocycles. The summed E-state index contributed by atoms with van der Waals surface area (Å²) < 4.78 is 0. The lowest BCUT2D eigenvalue weighted by Gasteiger charge is -1.91. The van der Waals surface area contributed by atoms with E-state index in [-0.39, 0.29) is 0 Å². The van der Waals surface area contributed by atoms with E-state index in [9.17, 15) is 0 Å². The molecule has 0 saturated carbocycles. The molecule has 0 amide bonds. The third-order valence-corrected chi connectivity index (χ3v) is 1.81. The third-order valence-electron chi connectivity index (χ3n) is 1.81. The van der Waals surface area contributed by atoms with E-state index in [1.54, 1.807) is 6.08 Å². The molecule has 0 saturated heterocycles. The molecule has 0 fully saturated rings. The Morgan fingerprint density at radius 2 is 2.36 bits per heavy atom. The highest BCUT2D eigenvalue weighted by Gasteiger charge is 2.03. The molecule has 0 atom stereocenters. The number of nitrogens with zero attached hydrogens (tertiary/aromatic N) is 2. The summed E-state index contributed by atoms with van der Waals surface area (Å²) in [6, 6.07) is 0. The molecule has 74 valence electrons. The van der Waals surface area contributed by atoms with Gasteiger partial charge in [0.25, 0.3) is 0 Å². The maximum atomic E-state index is 4.31. The molecule has 14 heavy (non-hydrogen) atoms. The van der Waals surface area contributed by atoms with Crippen molar-refractivity contribution < 1.29 is 0 Å². The summed E-state index contributed by atoms with van der Waals surface area (Å²) in [6.07, 6.45) is 8.45. The van der Waals surface area contributed by atoms with E-state index < -0.39 is 0 Å². The molecule has 0 aliphatic carbocycles. The van der Waals surface area contributed by atoms with E-state index in [2.05, 4.69) is 21.8 Å². The minimum atomic E-state index is 0.704. The van der Waals surface area contributed by atoms with Crippen LogP contribution in [-0.2, 0) is 6.42 Å². The van der Waals surface area contributed by atoms with Crippen LogP contribution in [0.1, 0.15) is 25.5 Å². The molecule has 1 aromatic heterocycles. The lowest BCUT2D eigenvalue weighted by molar-refractivity contribution is 0.946. The van der Waals surface area contributed by atoms with Crippen molar-refractivity contribution >= 4 is 5.57 Å². The van der Waals surface area contributed by atoms with Crippen LogP contribution in [0.2, 0.25) is 0 Å². The molecule has 3 nitrogen and oxygen atoms in total. The average molecular weight is 189 g/mol. The van der Waals surface area contributed by atoms with Crippen LogP contribution < -0.4 is 0 Å². The van der Waals surface area contributed by atoms with E-state index in [1.807, 2.05) is 32.1 Å². The zero-order chi connectivity index (χ0) is 10.4. The van der Waals surface area contributed by atoms with E-state index in [0.717, 1.165) is 17.8 Å². The van der Waals surface area contributed by atoms with Crippen LogP contribution in [0, 0.1) is 0 Å². The molecule has 1 N–H and O–H groups in total. The van der Waals surface area contributed by atoms with Crippen molar-refractivity contribution in [3.05, 3.63) is 42.5 Å². The molecule has 3 heteroatoms. The summed E-state index contributed by atoms with van der Waals surface area (Å²) in [5, 5.41) is 6.97. The Labute approximate surface area is 84.3 Å². The van der Waals surface area contributed by atoms with E-state index >= 15 is 0 Å². The van der Waals surface area contributed by atoms with E-state index in [4.69, 9.17) is 0 Å². The van der Waals surface area contributed by atoms with Crippen molar-refractivity contribution in [1.82, 2.24) is 15.2 Å². The van der Waals surface area contributed by atoms with Crippen LogP contribution in [0.15, 0.2) is 30.9 Å². The predicted octanol–water partition coefficient (Wildman–Crippen LogP) is 2.51. The molecule has 0 aliphatic heterocycles. The first kappa shape index (κ1) is 10.4. The molecule has 0 aliphatic rings. The van der Waals surface area contributed by atoms with Gasteiger partial charge in [-0.05, 0) is 6.92 Å². The zero-order valence-electron chi connectivity index (χ0n) is 8.62. The summed E-state index contributed by atoms with van der Waals surface area (Å²) in [5.74, 6) is 1.60. The molecule has 1 aromatic rings. The first-order chi connectivity index (χ1) is 6.81. The van der Waals surface area contributed by atoms with Crippen molar-refractivity contribution in [2.24, 2.45) is 0 Å². The first-order valence-corrected chi connectivity index (χ1v) is 4.68. The van der Waals surface area contributed by atoms with Crippen LogP contribution >= 0.6 is 0 Å². The number of aromatic amines is 1. The second-order valence-corrected chi connectivity index (χ2v) is 2.81. The zero-order valence-corrected chi connectivity index (χ0v) is 8.62. The van der Waals surface area contributed by atoms with Gasteiger partial charge in [-0.3, -0.25) is 5.10 Å². The van der Waals surface area contributed by atoms with Crippen molar-refractivity contribution in [3.8, 4) is 0 Å². The topological polar surface area (TPSA) is 41.6 Å². The van der Waals surface area contributed by atoms with Gasteiger partial charge in [0.2, 0.25) is 0 Å². The highest BCUT2D eigenvalue weighted by molar-refractivity contribution is 5.70. The Hall–Kier alpha value is -1.64. The van der Waals surface area contributed by atoms with Crippen LogP contribution in [0.5, 0.6) is 0 Å². The Balaban J connectivity index is 2.94.